The molecule has 0 saturated heterocycles. The highest BCUT2D eigenvalue weighted by Crippen LogP contribution is 2.27. The predicted molar refractivity (Wildman–Crippen MR) is 70.2 cm³/mol. The van der Waals surface area contributed by atoms with Gasteiger partial charge in [0.15, 0.2) is 0 Å². The molecule has 2 aromatic rings. The predicted octanol–water partition coefficient (Wildman–Crippen LogP) is 1.77. The molecule has 0 aliphatic rings. The average Bonchev–Trinajstić information content (AvgIpc) is 2.47. The van der Waals surface area contributed by atoms with E-state index in [4.69, 9.17) is 9.47 Å². The Bertz CT molecular complexity index is 546. The van der Waals surface area contributed by atoms with Crippen molar-refractivity contribution in [2.24, 2.45) is 0 Å². The van der Waals surface area contributed by atoms with Gasteiger partial charge in [0.1, 0.15) is 17.5 Å². The molecule has 0 fully saturated rings. The summed E-state index contributed by atoms with van der Waals surface area (Å²) >= 11 is 0. The lowest BCUT2D eigenvalue weighted by Gasteiger charge is -2.14. The Balaban J connectivity index is 2.23. The van der Waals surface area contributed by atoms with Crippen LogP contribution in [-0.2, 0) is 6.42 Å². The maximum atomic E-state index is 10.3. The molecule has 1 atom stereocenters. The highest BCUT2D eigenvalue weighted by atomic mass is 16.5. The topological polar surface area (TPSA) is 64.5 Å². The second-order valence-electron chi connectivity index (χ2n) is 3.98. The van der Waals surface area contributed by atoms with Crippen LogP contribution in [0.1, 0.15) is 17.4 Å². The van der Waals surface area contributed by atoms with Crippen molar-refractivity contribution in [2.45, 2.75) is 12.5 Å². The SMILES string of the molecule is COc1ccccc1CC(O)c1nccnc1OC. The summed E-state index contributed by atoms with van der Waals surface area (Å²) in [6.07, 6.45) is 2.65. The third-order valence-corrected chi connectivity index (χ3v) is 2.81. The van der Waals surface area contributed by atoms with Crippen LogP contribution in [0.25, 0.3) is 0 Å². The second-order valence-corrected chi connectivity index (χ2v) is 3.98. The summed E-state index contributed by atoms with van der Waals surface area (Å²) in [5.74, 6) is 1.08. The molecule has 0 amide bonds. The van der Waals surface area contributed by atoms with Crippen molar-refractivity contribution >= 4 is 0 Å². The van der Waals surface area contributed by atoms with Crippen LogP contribution in [0.3, 0.4) is 0 Å². The number of ether oxygens (including phenoxy) is 2. The standard InChI is InChI=1S/C14H16N2O3/c1-18-12-6-4-3-5-10(12)9-11(17)13-14(19-2)16-8-7-15-13/h3-8,11,17H,9H2,1-2H3. The normalized spacial score (nSPS) is 11.9. The van der Waals surface area contributed by atoms with Gasteiger partial charge in [-0.25, -0.2) is 4.98 Å². The van der Waals surface area contributed by atoms with Gasteiger partial charge in [-0.05, 0) is 11.6 Å². The lowest BCUT2D eigenvalue weighted by molar-refractivity contribution is 0.166. The fourth-order valence-electron chi connectivity index (χ4n) is 1.90. The van der Waals surface area contributed by atoms with Crippen molar-refractivity contribution in [1.82, 2.24) is 9.97 Å². The number of aliphatic hydroxyl groups is 1. The molecule has 100 valence electrons. The number of rotatable bonds is 5. The van der Waals surface area contributed by atoms with E-state index in [1.54, 1.807) is 7.11 Å². The molecule has 0 radical (unpaired) electrons. The average molecular weight is 260 g/mol. The molecule has 5 heteroatoms. The summed E-state index contributed by atoms with van der Waals surface area (Å²) in [5, 5.41) is 10.3. The molecule has 1 N–H and O–H groups in total. The summed E-state index contributed by atoms with van der Waals surface area (Å²) < 4.78 is 10.4. The zero-order chi connectivity index (χ0) is 13.7. The number of hydrogen-bond acceptors (Lipinski definition) is 5. The van der Waals surface area contributed by atoms with Gasteiger partial charge in [-0.2, -0.15) is 0 Å². The van der Waals surface area contributed by atoms with E-state index < -0.39 is 6.10 Å². The molecule has 1 aromatic heterocycles. The van der Waals surface area contributed by atoms with Crippen molar-refractivity contribution < 1.29 is 14.6 Å². The van der Waals surface area contributed by atoms with Gasteiger partial charge in [-0.1, -0.05) is 18.2 Å². The largest absolute Gasteiger partial charge is 0.496 e. The van der Waals surface area contributed by atoms with E-state index in [9.17, 15) is 5.11 Å². The Hall–Kier alpha value is -2.14. The summed E-state index contributed by atoms with van der Waals surface area (Å²) in [5.41, 5.74) is 1.33. The van der Waals surface area contributed by atoms with Crippen LogP contribution in [-0.4, -0.2) is 29.3 Å². The number of hydrogen-bond donors (Lipinski definition) is 1. The van der Waals surface area contributed by atoms with E-state index in [1.807, 2.05) is 24.3 Å². The molecule has 2 rings (SSSR count). The highest BCUT2D eigenvalue weighted by Gasteiger charge is 2.17. The van der Waals surface area contributed by atoms with Crippen LogP contribution in [0.4, 0.5) is 0 Å². The van der Waals surface area contributed by atoms with Gasteiger partial charge in [0, 0.05) is 18.8 Å². The Kier molecular flexibility index (Phi) is 4.30. The maximum absolute atomic E-state index is 10.3. The van der Waals surface area contributed by atoms with Crippen LogP contribution in [0, 0.1) is 0 Å². The molecule has 5 nitrogen and oxygen atoms in total. The number of benzene rings is 1. The van der Waals surface area contributed by atoms with Gasteiger partial charge in [0.05, 0.1) is 14.2 Å². The number of aromatic nitrogens is 2. The summed E-state index contributed by atoms with van der Waals surface area (Å²) in [4.78, 5) is 8.15. The van der Waals surface area contributed by atoms with E-state index in [2.05, 4.69) is 9.97 Å². The van der Waals surface area contributed by atoms with Crippen LogP contribution in [0.2, 0.25) is 0 Å². The highest BCUT2D eigenvalue weighted by molar-refractivity contribution is 5.35. The molecule has 0 aliphatic carbocycles. The quantitative estimate of drug-likeness (QED) is 0.887. The number of para-hydroxylation sites is 1. The Morgan fingerprint density at radius 3 is 2.58 bits per heavy atom. The summed E-state index contributed by atoms with van der Waals surface area (Å²) in [7, 11) is 3.11. The van der Waals surface area contributed by atoms with Crippen LogP contribution >= 0.6 is 0 Å². The van der Waals surface area contributed by atoms with Crippen molar-refractivity contribution in [3.63, 3.8) is 0 Å². The van der Waals surface area contributed by atoms with Crippen LogP contribution < -0.4 is 9.47 Å². The second kappa shape index (κ2) is 6.15. The minimum absolute atomic E-state index is 0.338. The molecule has 0 saturated carbocycles. The number of methoxy groups -OCH3 is 2. The van der Waals surface area contributed by atoms with E-state index >= 15 is 0 Å². The van der Waals surface area contributed by atoms with Gasteiger partial charge < -0.3 is 14.6 Å². The molecule has 0 bridgehead atoms. The van der Waals surface area contributed by atoms with Gasteiger partial charge in [0.25, 0.3) is 0 Å². The van der Waals surface area contributed by atoms with Crippen molar-refractivity contribution in [3.05, 3.63) is 47.9 Å². The molecule has 19 heavy (non-hydrogen) atoms. The molecular weight excluding hydrogens is 244 g/mol. The zero-order valence-corrected chi connectivity index (χ0v) is 10.9. The first kappa shape index (κ1) is 13.3. The van der Waals surface area contributed by atoms with Crippen LogP contribution in [0.15, 0.2) is 36.7 Å². The van der Waals surface area contributed by atoms with Crippen LogP contribution in [0.5, 0.6) is 11.6 Å². The molecular formula is C14H16N2O3. The molecule has 1 aromatic carbocycles. The van der Waals surface area contributed by atoms with Gasteiger partial charge in [-0.15, -0.1) is 0 Å². The Labute approximate surface area is 111 Å². The number of aliphatic hydroxyl groups excluding tert-OH is 1. The lowest BCUT2D eigenvalue weighted by Crippen LogP contribution is -2.08. The smallest absolute Gasteiger partial charge is 0.238 e. The summed E-state index contributed by atoms with van der Waals surface area (Å²) in [6.45, 7) is 0. The van der Waals surface area contributed by atoms with E-state index in [-0.39, 0.29) is 0 Å². The van der Waals surface area contributed by atoms with Crippen molar-refractivity contribution in [2.75, 3.05) is 14.2 Å². The third kappa shape index (κ3) is 3.00. The first-order valence-electron chi connectivity index (χ1n) is 5.91. The van der Waals surface area contributed by atoms with Crippen molar-refractivity contribution in [1.29, 1.82) is 0 Å². The maximum Gasteiger partial charge on any atom is 0.238 e. The minimum atomic E-state index is -0.792. The molecule has 1 heterocycles. The van der Waals surface area contributed by atoms with E-state index in [0.717, 1.165) is 11.3 Å². The Morgan fingerprint density at radius 1 is 1.11 bits per heavy atom. The fourth-order valence-corrected chi connectivity index (χ4v) is 1.90. The van der Waals surface area contributed by atoms with Gasteiger partial charge in [0.2, 0.25) is 5.88 Å². The lowest BCUT2D eigenvalue weighted by atomic mass is 10.0. The van der Waals surface area contributed by atoms with Gasteiger partial charge >= 0.3 is 0 Å². The monoisotopic (exact) mass is 260 g/mol. The molecule has 0 spiro atoms. The molecule has 1 unspecified atom stereocenters. The van der Waals surface area contributed by atoms with Gasteiger partial charge in [-0.3, -0.25) is 4.98 Å². The Morgan fingerprint density at radius 2 is 1.84 bits per heavy atom. The minimum Gasteiger partial charge on any atom is -0.496 e. The zero-order valence-electron chi connectivity index (χ0n) is 10.9. The van der Waals surface area contributed by atoms with E-state index in [0.29, 0.717) is 18.0 Å². The first-order valence-corrected chi connectivity index (χ1v) is 5.91. The molecule has 0 aliphatic heterocycles. The third-order valence-electron chi connectivity index (χ3n) is 2.81. The first-order chi connectivity index (χ1) is 9.26. The van der Waals surface area contributed by atoms with Crippen molar-refractivity contribution in [3.8, 4) is 11.6 Å². The van der Waals surface area contributed by atoms with E-state index in [1.165, 1.54) is 19.5 Å². The fraction of sp³-hybridized carbons (Fsp3) is 0.286. The number of nitrogens with zero attached hydrogens (tertiary/aromatic N) is 2. The summed E-state index contributed by atoms with van der Waals surface area (Å²) in [6, 6.07) is 7.55.